The standard InChI is InChI=1S/C21H19N9O6S2/c1-3-7-36-26-14(12-5-4-6-13(23-12)22-10-31)17(32)24-15-18(33)30-16(20(34)35)11(8-37-19(15)30)9-38-21-25-27-28-29(21)2/h1,4-6,10,15,19H,7-9H2,2H3,(H,24,32)(H,34,35)(H,22,23,31)/t15?,19-/m1/s1. The Morgan fingerprint density at radius 3 is 2.95 bits per heavy atom. The third kappa shape index (κ3) is 5.45. The Morgan fingerprint density at radius 2 is 2.26 bits per heavy atom. The first-order valence-corrected chi connectivity index (χ1v) is 12.8. The molecular weight excluding hydrogens is 538 g/mol. The molecule has 4 heterocycles. The highest BCUT2D eigenvalue weighted by atomic mass is 32.2. The summed E-state index contributed by atoms with van der Waals surface area (Å²) >= 11 is 2.55. The van der Waals surface area contributed by atoms with Crippen LogP contribution < -0.4 is 10.6 Å². The van der Waals surface area contributed by atoms with Crippen LogP contribution in [-0.2, 0) is 31.1 Å². The number of carboxylic acids is 1. The van der Waals surface area contributed by atoms with E-state index in [2.05, 4.69) is 42.2 Å². The normalized spacial score (nSPS) is 18.7. The minimum absolute atomic E-state index is 0.0509. The van der Waals surface area contributed by atoms with Crippen molar-refractivity contribution in [3.05, 3.63) is 35.2 Å². The number of hydrogen-bond acceptors (Lipinski definition) is 12. The fraction of sp³-hybridized carbons (Fsp3) is 0.286. The fourth-order valence-corrected chi connectivity index (χ4v) is 5.88. The highest BCUT2D eigenvalue weighted by molar-refractivity contribution is 8.01. The first-order valence-electron chi connectivity index (χ1n) is 10.7. The van der Waals surface area contributed by atoms with E-state index in [4.69, 9.17) is 11.3 Å². The molecule has 2 aromatic heterocycles. The number of pyridine rings is 1. The van der Waals surface area contributed by atoms with Crippen molar-refractivity contribution in [3.63, 3.8) is 0 Å². The van der Waals surface area contributed by atoms with E-state index in [1.54, 1.807) is 7.05 Å². The molecular formula is C21H19N9O6S2. The number of aryl methyl sites for hydroxylation is 1. The summed E-state index contributed by atoms with van der Waals surface area (Å²) in [6.07, 6.45) is 5.60. The molecule has 1 saturated heterocycles. The van der Waals surface area contributed by atoms with Crippen LogP contribution in [0.5, 0.6) is 0 Å². The number of carbonyl (C=O) groups is 4. The van der Waals surface area contributed by atoms with Crippen molar-refractivity contribution in [1.29, 1.82) is 0 Å². The van der Waals surface area contributed by atoms with Crippen molar-refractivity contribution in [2.45, 2.75) is 16.6 Å². The Labute approximate surface area is 223 Å². The van der Waals surface area contributed by atoms with E-state index < -0.39 is 29.2 Å². The Bertz CT molecular complexity index is 1390. The minimum atomic E-state index is -1.26. The van der Waals surface area contributed by atoms with Gasteiger partial charge in [-0.3, -0.25) is 19.3 Å². The molecule has 0 spiro atoms. The number of carbonyl (C=O) groups excluding carboxylic acids is 3. The Balaban J connectivity index is 1.52. The van der Waals surface area contributed by atoms with Crippen molar-refractivity contribution < 1.29 is 29.1 Å². The van der Waals surface area contributed by atoms with Gasteiger partial charge < -0.3 is 20.6 Å². The third-order valence-electron chi connectivity index (χ3n) is 5.21. The molecule has 0 bridgehead atoms. The number of terminal acetylenes is 1. The van der Waals surface area contributed by atoms with Crippen LogP contribution in [0, 0.1) is 12.3 Å². The van der Waals surface area contributed by atoms with Gasteiger partial charge in [-0.15, -0.1) is 23.3 Å². The number of amides is 3. The number of tetrazole rings is 1. The van der Waals surface area contributed by atoms with Gasteiger partial charge in [0.25, 0.3) is 11.8 Å². The first kappa shape index (κ1) is 26.6. The van der Waals surface area contributed by atoms with Crippen molar-refractivity contribution in [3.8, 4) is 12.3 Å². The zero-order valence-electron chi connectivity index (χ0n) is 19.6. The molecule has 3 N–H and O–H groups in total. The largest absolute Gasteiger partial charge is 0.477 e. The second kappa shape index (κ2) is 11.7. The minimum Gasteiger partial charge on any atom is -0.477 e. The number of nitrogens with zero attached hydrogens (tertiary/aromatic N) is 7. The molecule has 2 atom stereocenters. The summed E-state index contributed by atoms with van der Waals surface area (Å²) in [5, 5.41) is 29.6. The number of aliphatic carboxylic acids is 1. The lowest BCUT2D eigenvalue weighted by Crippen LogP contribution is -2.71. The summed E-state index contributed by atoms with van der Waals surface area (Å²) in [6.45, 7) is -0.227. The highest BCUT2D eigenvalue weighted by Crippen LogP contribution is 2.41. The first-order chi connectivity index (χ1) is 18.3. The number of rotatable bonds is 11. The van der Waals surface area contributed by atoms with Crippen LogP contribution in [0.4, 0.5) is 5.82 Å². The van der Waals surface area contributed by atoms with E-state index in [0.29, 0.717) is 22.9 Å². The zero-order valence-corrected chi connectivity index (χ0v) is 21.2. The molecule has 1 unspecified atom stereocenters. The molecule has 0 saturated carbocycles. The Morgan fingerprint density at radius 1 is 1.45 bits per heavy atom. The maximum atomic E-state index is 13.1. The second-order valence-electron chi connectivity index (χ2n) is 7.58. The highest BCUT2D eigenvalue weighted by Gasteiger charge is 2.54. The van der Waals surface area contributed by atoms with Gasteiger partial charge in [-0.25, -0.2) is 14.5 Å². The molecule has 3 amide bonds. The molecule has 2 aromatic rings. The van der Waals surface area contributed by atoms with Gasteiger partial charge in [-0.2, -0.15) is 0 Å². The predicted octanol–water partition coefficient (Wildman–Crippen LogP) is -0.942. The van der Waals surface area contributed by atoms with Crippen molar-refractivity contribution in [2.75, 3.05) is 23.4 Å². The lowest BCUT2D eigenvalue weighted by molar-refractivity contribution is -0.150. The molecule has 17 heteroatoms. The number of fused-ring (bicyclic) bond motifs is 1. The summed E-state index contributed by atoms with van der Waals surface area (Å²) in [5.74, 6) is 0.297. The number of carboxylic acid groups (broad SMARTS) is 1. The third-order valence-corrected chi connectivity index (χ3v) is 7.65. The SMILES string of the molecule is C#CCON=C(C(=O)NC1C(=O)N2C(C(=O)O)=C(CSc3nnnn3C)CS[C@H]12)c1cccc(NC=O)n1. The predicted molar refractivity (Wildman–Crippen MR) is 134 cm³/mol. The number of oxime groups is 1. The van der Waals surface area contributed by atoms with Crippen LogP contribution in [0.25, 0.3) is 0 Å². The molecule has 38 heavy (non-hydrogen) atoms. The van der Waals surface area contributed by atoms with Crippen LogP contribution in [0.15, 0.2) is 39.8 Å². The molecule has 0 aliphatic carbocycles. The number of nitrogens with one attached hydrogen (secondary N) is 2. The van der Waals surface area contributed by atoms with Gasteiger partial charge in [-0.1, -0.05) is 28.9 Å². The van der Waals surface area contributed by atoms with Gasteiger partial charge >= 0.3 is 5.97 Å². The van der Waals surface area contributed by atoms with Crippen LogP contribution >= 0.6 is 23.5 Å². The second-order valence-corrected chi connectivity index (χ2v) is 9.63. The molecule has 15 nitrogen and oxygen atoms in total. The average molecular weight is 558 g/mol. The molecule has 1 fully saturated rings. The van der Waals surface area contributed by atoms with Gasteiger partial charge in [0.2, 0.25) is 11.6 Å². The molecule has 0 radical (unpaired) electrons. The molecule has 0 aromatic carbocycles. The number of anilines is 1. The lowest BCUT2D eigenvalue weighted by atomic mass is 10.0. The summed E-state index contributed by atoms with van der Waals surface area (Å²) in [5.41, 5.74) is 0.158. The number of aromatic nitrogens is 5. The van der Waals surface area contributed by atoms with E-state index in [-0.39, 0.29) is 35.3 Å². The van der Waals surface area contributed by atoms with E-state index in [0.717, 1.165) is 4.90 Å². The van der Waals surface area contributed by atoms with Gasteiger partial charge in [-0.05, 0) is 28.1 Å². The van der Waals surface area contributed by atoms with Crippen molar-refractivity contribution >= 4 is 59.2 Å². The number of hydrogen-bond donors (Lipinski definition) is 3. The lowest BCUT2D eigenvalue weighted by Gasteiger charge is -2.49. The van der Waals surface area contributed by atoms with Crippen LogP contribution in [0.3, 0.4) is 0 Å². The molecule has 4 rings (SSSR count). The molecule has 196 valence electrons. The summed E-state index contributed by atoms with van der Waals surface area (Å²) in [4.78, 5) is 59.3. The Hall–Kier alpha value is -4.43. The number of β-lactam (4-membered cyclic amide) rings is 1. The topological polar surface area (TPSA) is 194 Å². The van der Waals surface area contributed by atoms with Crippen LogP contribution in [-0.4, -0.2) is 94.6 Å². The van der Waals surface area contributed by atoms with E-state index in [1.807, 2.05) is 0 Å². The van der Waals surface area contributed by atoms with Gasteiger partial charge in [0, 0.05) is 18.6 Å². The smallest absolute Gasteiger partial charge is 0.352 e. The molecule has 2 aliphatic rings. The quantitative estimate of drug-likeness (QED) is 0.0585. The van der Waals surface area contributed by atoms with Crippen molar-refractivity contribution in [2.24, 2.45) is 12.2 Å². The zero-order chi connectivity index (χ0) is 27.2. The van der Waals surface area contributed by atoms with Crippen LogP contribution in [0.1, 0.15) is 5.69 Å². The van der Waals surface area contributed by atoms with Gasteiger partial charge in [0.1, 0.15) is 28.6 Å². The van der Waals surface area contributed by atoms with E-state index in [9.17, 15) is 24.3 Å². The monoisotopic (exact) mass is 557 g/mol. The number of thioether (sulfide) groups is 2. The van der Waals surface area contributed by atoms with Crippen LogP contribution in [0.2, 0.25) is 0 Å². The maximum Gasteiger partial charge on any atom is 0.352 e. The van der Waals surface area contributed by atoms with E-state index >= 15 is 0 Å². The van der Waals surface area contributed by atoms with E-state index in [1.165, 1.54) is 46.4 Å². The van der Waals surface area contributed by atoms with Gasteiger partial charge in [0.15, 0.2) is 12.3 Å². The maximum absolute atomic E-state index is 13.1. The summed E-state index contributed by atoms with van der Waals surface area (Å²) in [7, 11) is 1.66. The fourth-order valence-electron chi connectivity index (χ4n) is 3.55. The summed E-state index contributed by atoms with van der Waals surface area (Å²) < 4.78 is 1.46. The molecule has 2 aliphatic heterocycles. The average Bonchev–Trinajstić information content (AvgIpc) is 3.32. The van der Waals surface area contributed by atoms with Crippen molar-refractivity contribution in [1.82, 2.24) is 35.4 Å². The Kier molecular flexibility index (Phi) is 8.23. The summed E-state index contributed by atoms with van der Waals surface area (Å²) in [6, 6.07) is 3.47. The van der Waals surface area contributed by atoms with Gasteiger partial charge in [0.05, 0.1) is 0 Å².